The Morgan fingerprint density at radius 1 is 1.20 bits per heavy atom. The van der Waals surface area contributed by atoms with E-state index in [1.165, 1.54) is 12.8 Å². The van der Waals surface area contributed by atoms with Gasteiger partial charge in [-0.1, -0.05) is 25.0 Å². The molecule has 2 rings (SSSR count). The van der Waals surface area contributed by atoms with Crippen molar-refractivity contribution in [3.63, 3.8) is 0 Å². The summed E-state index contributed by atoms with van der Waals surface area (Å²) in [5.41, 5.74) is 7.04. The Kier molecular flexibility index (Phi) is 6.59. The van der Waals surface area contributed by atoms with Crippen molar-refractivity contribution in [2.24, 2.45) is 11.7 Å². The van der Waals surface area contributed by atoms with E-state index >= 15 is 0 Å². The highest BCUT2D eigenvalue weighted by Crippen LogP contribution is 2.38. The van der Waals surface area contributed by atoms with Crippen LogP contribution in [0.4, 0.5) is 0 Å². The lowest BCUT2D eigenvalue weighted by molar-refractivity contribution is 0.0834. The monoisotopic (exact) mass is 301 g/mol. The van der Waals surface area contributed by atoms with Crippen molar-refractivity contribution >= 4 is 12.4 Å². The lowest BCUT2D eigenvalue weighted by Gasteiger charge is -2.26. The number of rotatable bonds is 5. The number of hydrogen-bond donors (Lipinski definition) is 2. The first-order chi connectivity index (χ1) is 9.19. The summed E-state index contributed by atoms with van der Waals surface area (Å²) in [6, 6.07) is 5.16. The molecule has 0 aliphatic heterocycles. The number of benzene rings is 1. The molecule has 1 aliphatic carbocycles. The van der Waals surface area contributed by atoms with E-state index in [-0.39, 0.29) is 12.4 Å². The zero-order valence-corrected chi connectivity index (χ0v) is 12.9. The van der Waals surface area contributed by atoms with Crippen molar-refractivity contribution in [1.29, 1.82) is 0 Å². The van der Waals surface area contributed by atoms with E-state index < -0.39 is 12.1 Å². The van der Waals surface area contributed by atoms with E-state index in [4.69, 9.17) is 15.2 Å². The first-order valence-electron chi connectivity index (χ1n) is 6.83. The number of para-hydroxylation sites is 1. The van der Waals surface area contributed by atoms with Crippen molar-refractivity contribution in [2.45, 2.75) is 37.8 Å². The zero-order valence-electron chi connectivity index (χ0n) is 12.0. The lowest BCUT2D eigenvalue weighted by atomic mass is 9.90. The predicted molar refractivity (Wildman–Crippen MR) is 81.7 cm³/mol. The van der Waals surface area contributed by atoms with Crippen LogP contribution in [0, 0.1) is 5.92 Å². The number of hydrogen-bond acceptors (Lipinski definition) is 4. The quantitative estimate of drug-likeness (QED) is 0.877. The summed E-state index contributed by atoms with van der Waals surface area (Å²) >= 11 is 0. The summed E-state index contributed by atoms with van der Waals surface area (Å²) in [7, 11) is 3.19. The molecule has 114 valence electrons. The summed E-state index contributed by atoms with van der Waals surface area (Å²) in [5.74, 6) is 1.56. The molecule has 3 N–H and O–H groups in total. The Hall–Kier alpha value is -0.970. The highest BCUT2D eigenvalue weighted by atomic mass is 35.5. The van der Waals surface area contributed by atoms with Gasteiger partial charge in [-0.2, -0.15) is 0 Å². The van der Waals surface area contributed by atoms with Gasteiger partial charge in [-0.15, -0.1) is 12.4 Å². The Balaban J connectivity index is 0.00000200. The van der Waals surface area contributed by atoms with E-state index in [1.807, 2.05) is 18.2 Å². The van der Waals surface area contributed by atoms with Gasteiger partial charge >= 0.3 is 0 Å². The van der Waals surface area contributed by atoms with Gasteiger partial charge in [0.25, 0.3) is 0 Å². The van der Waals surface area contributed by atoms with Crippen LogP contribution in [0.2, 0.25) is 0 Å². The minimum atomic E-state index is -0.525. The van der Waals surface area contributed by atoms with Gasteiger partial charge in [-0.3, -0.25) is 0 Å². The predicted octanol–water partition coefficient (Wildman–Crippen LogP) is 2.68. The number of halogens is 1. The van der Waals surface area contributed by atoms with E-state index in [0.717, 1.165) is 18.4 Å². The molecule has 4 nitrogen and oxygen atoms in total. The van der Waals surface area contributed by atoms with Gasteiger partial charge in [0.15, 0.2) is 11.5 Å². The van der Waals surface area contributed by atoms with Crippen LogP contribution >= 0.6 is 12.4 Å². The number of aliphatic hydroxyl groups is 1. The van der Waals surface area contributed by atoms with Crippen LogP contribution in [-0.4, -0.2) is 25.4 Å². The number of ether oxygens (including phenoxy) is 2. The Labute approximate surface area is 126 Å². The van der Waals surface area contributed by atoms with Gasteiger partial charge in [0.05, 0.1) is 26.4 Å². The molecule has 0 spiro atoms. The normalized spacial score (nSPS) is 18.2. The van der Waals surface area contributed by atoms with E-state index in [9.17, 15) is 5.11 Å². The molecule has 1 aromatic carbocycles. The van der Waals surface area contributed by atoms with Gasteiger partial charge in [-0.25, -0.2) is 0 Å². The average molecular weight is 302 g/mol. The third-order valence-corrected chi connectivity index (χ3v) is 4.04. The van der Waals surface area contributed by atoms with E-state index in [1.54, 1.807) is 14.2 Å². The molecule has 2 atom stereocenters. The molecule has 0 heterocycles. The van der Waals surface area contributed by atoms with Gasteiger partial charge < -0.3 is 20.3 Å². The molecule has 0 saturated heterocycles. The van der Waals surface area contributed by atoms with Crippen molar-refractivity contribution in [3.8, 4) is 11.5 Å². The van der Waals surface area contributed by atoms with Crippen molar-refractivity contribution in [2.75, 3.05) is 14.2 Å². The van der Waals surface area contributed by atoms with Gasteiger partial charge in [-0.05, 0) is 24.8 Å². The molecule has 0 unspecified atom stereocenters. The van der Waals surface area contributed by atoms with Crippen LogP contribution in [0.1, 0.15) is 37.3 Å². The fourth-order valence-electron chi connectivity index (χ4n) is 2.95. The van der Waals surface area contributed by atoms with E-state index in [2.05, 4.69) is 0 Å². The maximum atomic E-state index is 10.4. The molecule has 1 aromatic rings. The van der Waals surface area contributed by atoms with Gasteiger partial charge in [0, 0.05) is 5.56 Å². The van der Waals surface area contributed by atoms with Crippen LogP contribution in [0.5, 0.6) is 11.5 Å². The second kappa shape index (κ2) is 7.72. The summed E-state index contributed by atoms with van der Waals surface area (Å²) in [6.45, 7) is 0. The maximum Gasteiger partial charge on any atom is 0.165 e. The maximum absolute atomic E-state index is 10.4. The Bertz CT molecular complexity index is 422. The molecule has 0 aromatic heterocycles. The topological polar surface area (TPSA) is 64.7 Å². The smallest absolute Gasteiger partial charge is 0.165 e. The standard InChI is InChI=1S/C15H23NO3.ClH/c1-18-12-9-5-8-11(15(12)19-2)13(16)14(17)10-6-3-4-7-10;/h5,8-10,13-14,17H,3-4,6-7,16H2,1-2H3;1H/t13-,14+;/m0./s1. The van der Waals surface area contributed by atoms with Crippen molar-refractivity contribution in [3.05, 3.63) is 23.8 Å². The largest absolute Gasteiger partial charge is 0.493 e. The molecule has 1 aliphatic rings. The molecule has 20 heavy (non-hydrogen) atoms. The Morgan fingerprint density at radius 3 is 2.40 bits per heavy atom. The number of aliphatic hydroxyl groups excluding tert-OH is 1. The third kappa shape index (κ3) is 3.37. The molecule has 0 radical (unpaired) electrons. The van der Waals surface area contributed by atoms with Gasteiger partial charge in [0.2, 0.25) is 0 Å². The minimum absolute atomic E-state index is 0. The molecule has 1 saturated carbocycles. The number of methoxy groups -OCH3 is 2. The molecule has 0 bridgehead atoms. The van der Waals surface area contributed by atoms with E-state index in [0.29, 0.717) is 17.4 Å². The molecule has 0 amide bonds. The zero-order chi connectivity index (χ0) is 13.8. The summed E-state index contributed by atoms with van der Waals surface area (Å²) in [4.78, 5) is 0. The average Bonchev–Trinajstić information content (AvgIpc) is 2.98. The minimum Gasteiger partial charge on any atom is -0.493 e. The highest BCUT2D eigenvalue weighted by Gasteiger charge is 2.30. The van der Waals surface area contributed by atoms with Crippen molar-refractivity contribution in [1.82, 2.24) is 0 Å². The summed E-state index contributed by atoms with van der Waals surface area (Å²) < 4.78 is 10.7. The first kappa shape index (κ1) is 17.1. The van der Waals surface area contributed by atoms with Crippen LogP contribution in [0.15, 0.2) is 18.2 Å². The molecular formula is C15H24ClNO3. The first-order valence-corrected chi connectivity index (χ1v) is 6.83. The lowest BCUT2D eigenvalue weighted by Crippen LogP contribution is -2.32. The second-order valence-corrected chi connectivity index (χ2v) is 5.14. The second-order valence-electron chi connectivity index (χ2n) is 5.14. The van der Waals surface area contributed by atoms with Crippen LogP contribution < -0.4 is 15.2 Å². The van der Waals surface area contributed by atoms with Crippen LogP contribution in [0.25, 0.3) is 0 Å². The molecule has 5 heteroatoms. The fraction of sp³-hybridized carbons (Fsp3) is 0.600. The van der Waals surface area contributed by atoms with Gasteiger partial charge in [0.1, 0.15) is 0 Å². The summed E-state index contributed by atoms with van der Waals surface area (Å²) in [6.07, 6.45) is 3.96. The molecular weight excluding hydrogens is 278 g/mol. The Morgan fingerprint density at radius 2 is 1.85 bits per heavy atom. The fourth-order valence-corrected chi connectivity index (χ4v) is 2.95. The number of nitrogens with two attached hydrogens (primary N) is 1. The highest BCUT2D eigenvalue weighted by molar-refractivity contribution is 5.85. The molecule has 1 fully saturated rings. The van der Waals surface area contributed by atoms with Crippen LogP contribution in [-0.2, 0) is 0 Å². The van der Waals surface area contributed by atoms with Crippen LogP contribution in [0.3, 0.4) is 0 Å². The van der Waals surface area contributed by atoms with Crippen molar-refractivity contribution < 1.29 is 14.6 Å². The SMILES string of the molecule is COc1cccc([C@H](N)[C@H](O)C2CCCC2)c1OC.Cl. The third-order valence-electron chi connectivity index (χ3n) is 4.04. The summed E-state index contributed by atoms with van der Waals surface area (Å²) in [5, 5.41) is 10.4.